The minimum Gasteiger partial charge on any atom is -0.493 e. The Morgan fingerprint density at radius 1 is 0.946 bits per heavy atom. The maximum atomic E-state index is 14.1. The number of fused-ring (bicyclic) bond motifs is 3. The zero-order chi connectivity index (χ0) is 25.9. The average Bonchev–Trinajstić information content (AvgIpc) is 3.31. The number of hydrogen-bond donors (Lipinski definition) is 0. The highest BCUT2D eigenvalue weighted by Crippen LogP contribution is 2.43. The first kappa shape index (κ1) is 24.4. The number of aromatic nitrogens is 2. The first-order chi connectivity index (χ1) is 18.1. The van der Waals surface area contributed by atoms with Crippen molar-refractivity contribution in [1.82, 2.24) is 9.55 Å². The number of hydrogen-bond acceptors (Lipinski definition) is 6. The number of rotatable bonds is 8. The van der Waals surface area contributed by atoms with Crippen molar-refractivity contribution in [1.29, 1.82) is 0 Å². The van der Waals surface area contributed by atoms with E-state index in [4.69, 9.17) is 19.2 Å². The summed E-state index contributed by atoms with van der Waals surface area (Å²) in [5.74, 6) is -0.437. The van der Waals surface area contributed by atoms with Crippen molar-refractivity contribution in [2.45, 2.75) is 19.4 Å². The minimum absolute atomic E-state index is 0.169. The fourth-order valence-corrected chi connectivity index (χ4v) is 4.98. The van der Waals surface area contributed by atoms with Crippen LogP contribution in [0.3, 0.4) is 0 Å². The van der Waals surface area contributed by atoms with Crippen LogP contribution in [0, 0.1) is 5.92 Å². The van der Waals surface area contributed by atoms with E-state index in [1.807, 2.05) is 65.2 Å². The molecular weight excluding hydrogens is 470 g/mol. The fraction of sp³-hybridized carbons (Fsp3) is 0.276. The van der Waals surface area contributed by atoms with Crippen LogP contribution in [-0.4, -0.2) is 48.8 Å². The number of carbonyl (C=O) groups excluding carboxylic acids is 2. The summed E-state index contributed by atoms with van der Waals surface area (Å²) in [5.41, 5.74) is 3.37. The van der Waals surface area contributed by atoms with E-state index in [0.29, 0.717) is 30.4 Å². The predicted octanol–water partition coefficient (Wildman–Crippen LogP) is 4.41. The number of ether oxygens (including phenoxy) is 3. The molecule has 190 valence electrons. The van der Waals surface area contributed by atoms with Crippen molar-refractivity contribution < 1.29 is 23.8 Å². The Kier molecular flexibility index (Phi) is 6.81. The number of anilines is 1. The van der Waals surface area contributed by atoms with Crippen LogP contribution >= 0.6 is 0 Å². The molecule has 0 saturated carbocycles. The largest absolute Gasteiger partial charge is 0.493 e. The minimum atomic E-state index is -1.10. The van der Waals surface area contributed by atoms with Gasteiger partial charge >= 0.3 is 5.97 Å². The predicted molar refractivity (Wildman–Crippen MR) is 140 cm³/mol. The van der Waals surface area contributed by atoms with E-state index in [9.17, 15) is 9.59 Å². The summed E-state index contributed by atoms with van der Waals surface area (Å²) in [7, 11) is 3.12. The summed E-state index contributed by atoms with van der Waals surface area (Å²) in [5, 5.41) is 0. The van der Waals surface area contributed by atoms with Gasteiger partial charge in [-0.3, -0.25) is 14.5 Å². The van der Waals surface area contributed by atoms with Crippen molar-refractivity contribution in [2.75, 3.05) is 32.3 Å². The Morgan fingerprint density at radius 3 is 2.41 bits per heavy atom. The quantitative estimate of drug-likeness (QED) is 0.264. The molecule has 0 fully saturated rings. The van der Waals surface area contributed by atoms with Gasteiger partial charge in [0.25, 0.3) is 0 Å². The number of amides is 1. The molecule has 8 heteroatoms. The third-order valence-corrected chi connectivity index (χ3v) is 6.70. The first-order valence-corrected chi connectivity index (χ1v) is 12.3. The zero-order valence-electron chi connectivity index (χ0n) is 21.1. The Morgan fingerprint density at radius 2 is 1.68 bits per heavy atom. The van der Waals surface area contributed by atoms with Gasteiger partial charge in [-0.05, 0) is 48.7 Å². The molecule has 0 spiro atoms. The van der Waals surface area contributed by atoms with Crippen molar-refractivity contribution in [3.63, 3.8) is 0 Å². The summed E-state index contributed by atoms with van der Waals surface area (Å²) >= 11 is 0. The second kappa shape index (κ2) is 10.3. The van der Waals surface area contributed by atoms with Gasteiger partial charge < -0.3 is 18.8 Å². The summed E-state index contributed by atoms with van der Waals surface area (Å²) in [6, 6.07) is 22.4. The average molecular weight is 500 g/mol. The van der Waals surface area contributed by atoms with Crippen molar-refractivity contribution >= 4 is 28.9 Å². The van der Waals surface area contributed by atoms with Gasteiger partial charge in [0, 0.05) is 6.54 Å². The van der Waals surface area contributed by atoms with Crippen LogP contribution in [0.4, 0.5) is 5.95 Å². The Balaban J connectivity index is 1.69. The van der Waals surface area contributed by atoms with Gasteiger partial charge in [0.15, 0.2) is 17.4 Å². The van der Waals surface area contributed by atoms with Crippen LogP contribution in [0.25, 0.3) is 11.0 Å². The monoisotopic (exact) mass is 499 g/mol. The molecule has 0 radical (unpaired) electrons. The molecule has 2 heterocycles. The highest BCUT2D eigenvalue weighted by molar-refractivity contribution is 6.08. The number of para-hydroxylation sites is 2. The molecule has 3 aromatic carbocycles. The summed E-state index contributed by atoms with van der Waals surface area (Å²) in [6.07, 6.45) is 0.617. The molecule has 0 saturated heterocycles. The van der Waals surface area contributed by atoms with Gasteiger partial charge in [-0.1, -0.05) is 48.5 Å². The zero-order valence-corrected chi connectivity index (χ0v) is 21.1. The number of benzene rings is 3. The summed E-state index contributed by atoms with van der Waals surface area (Å²) in [6.45, 7) is 2.28. The number of imidazole rings is 1. The van der Waals surface area contributed by atoms with E-state index < -0.39 is 17.9 Å². The third-order valence-electron chi connectivity index (χ3n) is 6.70. The number of nitrogens with zero attached hydrogens (tertiary/aromatic N) is 3. The van der Waals surface area contributed by atoms with Crippen molar-refractivity contribution in [2.24, 2.45) is 5.92 Å². The van der Waals surface area contributed by atoms with Crippen LogP contribution in [0.5, 0.6) is 11.5 Å². The van der Waals surface area contributed by atoms with Crippen LogP contribution in [0.2, 0.25) is 0 Å². The second-order valence-electron chi connectivity index (χ2n) is 8.78. The van der Waals surface area contributed by atoms with Gasteiger partial charge in [0.05, 0.1) is 37.9 Å². The lowest BCUT2D eigenvalue weighted by Crippen LogP contribution is -2.50. The van der Waals surface area contributed by atoms with Gasteiger partial charge in [0.1, 0.15) is 0 Å². The third kappa shape index (κ3) is 4.39. The number of methoxy groups -OCH3 is 2. The SMILES string of the molecule is CCOC(=O)[C@@H]1C(=O)N(CCc2ccccc2)c2nc3ccccc3n2[C@H]1c1ccc(OC)c(OC)c1. The molecule has 1 aliphatic rings. The molecule has 0 N–H and O–H groups in total. The molecule has 1 amide bonds. The maximum Gasteiger partial charge on any atom is 0.321 e. The molecule has 4 aromatic rings. The maximum absolute atomic E-state index is 14.1. The molecular formula is C29H29N3O5. The lowest BCUT2D eigenvalue weighted by atomic mass is 9.89. The molecule has 5 rings (SSSR count). The van der Waals surface area contributed by atoms with E-state index >= 15 is 0 Å². The highest BCUT2D eigenvalue weighted by Gasteiger charge is 2.48. The van der Waals surface area contributed by atoms with Crippen LogP contribution in [-0.2, 0) is 20.7 Å². The van der Waals surface area contributed by atoms with Crippen LogP contribution in [0.15, 0.2) is 72.8 Å². The number of esters is 1. The van der Waals surface area contributed by atoms with Gasteiger partial charge in [-0.2, -0.15) is 0 Å². The van der Waals surface area contributed by atoms with Crippen molar-refractivity contribution in [3.05, 3.63) is 83.9 Å². The molecule has 8 nitrogen and oxygen atoms in total. The normalized spacial score (nSPS) is 16.9. The van der Waals surface area contributed by atoms with Gasteiger partial charge in [-0.15, -0.1) is 0 Å². The van der Waals surface area contributed by atoms with E-state index in [1.165, 1.54) is 0 Å². The standard InChI is InChI=1S/C29H29N3O5/c1-4-37-28(34)25-26(20-14-15-23(35-2)24(18-20)36-3)32-22-13-9-8-12-21(22)30-29(32)31(27(25)33)17-16-19-10-6-5-7-11-19/h5-15,18,25-26H,4,16-17H2,1-3H3/t25-,26-/m0/s1. The Labute approximate surface area is 215 Å². The second-order valence-corrected chi connectivity index (χ2v) is 8.78. The molecule has 0 unspecified atom stereocenters. The van der Waals surface area contributed by atoms with Crippen LogP contribution < -0.4 is 14.4 Å². The topological polar surface area (TPSA) is 82.9 Å². The summed E-state index contributed by atoms with van der Waals surface area (Å²) in [4.78, 5) is 33.9. The van der Waals surface area contributed by atoms with Crippen LogP contribution in [0.1, 0.15) is 24.1 Å². The lowest BCUT2D eigenvalue weighted by Gasteiger charge is -2.38. The molecule has 1 aromatic heterocycles. The fourth-order valence-electron chi connectivity index (χ4n) is 4.98. The van der Waals surface area contributed by atoms with E-state index in [1.54, 1.807) is 38.2 Å². The van der Waals surface area contributed by atoms with E-state index in [-0.39, 0.29) is 12.5 Å². The van der Waals surface area contributed by atoms with E-state index in [2.05, 4.69) is 0 Å². The number of carbonyl (C=O) groups is 2. The first-order valence-electron chi connectivity index (χ1n) is 12.3. The molecule has 0 aliphatic carbocycles. The van der Waals surface area contributed by atoms with Crippen molar-refractivity contribution in [3.8, 4) is 11.5 Å². The molecule has 1 aliphatic heterocycles. The van der Waals surface area contributed by atoms with Gasteiger partial charge in [-0.25, -0.2) is 4.98 Å². The molecule has 37 heavy (non-hydrogen) atoms. The Hall–Kier alpha value is -4.33. The molecule has 2 atom stereocenters. The lowest BCUT2D eigenvalue weighted by molar-refractivity contribution is -0.153. The summed E-state index contributed by atoms with van der Waals surface area (Å²) < 4.78 is 18.4. The van der Waals surface area contributed by atoms with Gasteiger partial charge in [0.2, 0.25) is 11.9 Å². The van der Waals surface area contributed by atoms with E-state index in [0.717, 1.165) is 22.2 Å². The molecule has 0 bridgehead atoms. The highest BCUT2D eigenvalue weighted by atomic mass is 16.5. The smallest absolute Gasteiger partial charge is 0.321 e. The Bertz CT molecular complexity index is 1430.